The van der Waals surface area contributed by atoms with Gasteiger partial charge in [0, 0.05) is 15.0 Å². The minimum atomic E-state index is 0.458. The molecular weight excluding hydrogens is 378 g/mol. The van der Waals surface area contributed by atoms with Gasteiger partial charge in [0.2, 0.25) is 0 Å². The lowest BCUT2D eigenvalue weighted by molar-refractivity contribution is 0.521. The highest BCUT2D eigenvalue weighted by molar-refractivity contribution is 9.10. The van der Waals surface area contributed by atoms with Gasteiger partial charge in [-0.15, -0.1) is 0 Å². The molecule has 0 bridgehead atoms. The van der Waals surface area contributed by atoms with Crippen LogP contribution in [0.4, 0.5) is 0 Å². The van der Waals surface area contributed by atoms with Crippen LogP contribution in [0, 0.1) is 0 Å². The minimum Gasteiger partial charge on any atom is -0.314 e. The average Bonchev–Trinajstić information content (AvgIpc) is 2.44. The summed E-state index contributed by atoms with van der Waals surface area (Å²) in [5.74, 6) is 0. The maximum absolute atomic E-state index is 3.64. The molecule has 2 aromatic carbocycles. The fourth-order valence-corrected chi connectivity index (χ4v) is 3.05. The Morgan fingerprint density at radius 1 is 0.950 bits per heavy atom. The van der Waals surface area contributed by atoms with Crippen molar-refractivity contribution in [2.75, 3.05) is 6.54 Å². The van der Waals surface area contributed by atoms with Crippen molar-refractivity contribution < 1.29 is 0 Å². The Bertz CT molecular complexity index is 537. The summed E-state index contributed by atoms with van der Waals surface area (Å²) >= 11 is 7.12. The fraction of sp³-hybridized carbons (Fsp3) is 0.294. The second-order valence-electron chi connectivity index (χ2n) is 4.88. The molecule has 0 saturated heterocycles. The molecule has 20 heavy (non-hydrogen) atoms. The first kappa shape index (κ1) is 15.7. The summed E-state index contributed by atoms with van der Waals surface area (Å²) < 4.78 is 2.32. The minimum absolute atomic E-state index is 0.458. The quantitative estimate of drug-likeness (QED) is 0.726. The van der Waals surface area contributed by atoms with Gasteiger partial charge >= 0.3 is 0 Å². The van der Waals surface area contributed by atoms with Crippen molar-refractivity contribution >= 4 is 31.9 Å². The summed E-state index contributed by atoms with van der Waals surface area (Å²) in [6.45, 7) is 3.15. The number of rotatable bonds is 6. The topological polar surface area (TPSA) is 12.0 Å². The Hall–Kier alpha value is -0.640. The molecule has 0 aliphatic carbocycles. The van der Waals surface area contributed by atoms with Crippen LogP contribution < -0.4 is 5.32 Å². The highest BCUT2D eigenvalue weighted by Crippen LogP contribution is 2.19. The summed E-state index contributed by atoms with van der Waals surface area (Å²) in [6.07, 6.45) is 2.08. The maximum atomic E-state index is 3.64. The molecule has 0 aliphatic heterocycles. The van der Waals surface area contributed by atoms with E-state index in [0.29, 0.717) is 6.04 Å². The van der Waals surface area contributed by atoms with Gasteiger partial charge in [-0.3, -0.25) is 0 Å². The van der Waals surface area contributed by atoms with Crippen LogP contribution in [0.1, 0.15) is 18.1 Å². The molecule has 2 rings (SSSR count). The zero-order chi connectivity index (χ0) is 14.4. The summed E-state index contributed by atoms with van der Waals surface area (Å²) in [6, 6.07) is 17.5. The van der Waals surface area contributed by atoms with Crippen molar-refractivity contribution in [2.45, 2.75) is 25.8 Å². The van der Waals surface area contributed by atoms with Gasteiger partial charge in [-0.05, 0) is 48.7 Å². The number of hydrogen-bond donors (Lipinski definition) is 1. The molecule has 0 heterocycles. The molecule has 0 radical (unpaired) electrons. The van der Waals surface area contributed by atoms with Crippen LogP contribution in [0.15, 0.2) is 57.5 Å². The van der Waals surface area contributed by atoms with Crippen LogP contribution in [0.5, 0.6) is 0 Å². The molecular formula is C17H19Br2N. The number of hydrogen-bond acceptors (Lipinski definition) is 1. The molecule has 1 atom stereocenters. The number of nitrogens with one attached hydrogen (secondary N) is 1. The molecule has 0 aromatic heterocycles. The van der Waals surface area contributed by atoms with E-state index >= 15 is 0 Å². The van der Waals surface area contributed by atoms with E-state index in [2.05, 4.69) is 92.6 Å². The van der Waals surface area contributed by atoms with Crippen LogP contribution in [0.25, 0.3) is 0 Å². The van der Waals surface area contributed by atoms with Crippen LogP contribution >= 0.6 is 31.9 Å². The molecule has 106 valence electrons. The Morgan fingerprint density at radius 2 is 1.65 bits per heavy atom. The predicted octanol–water partition coefficient (Wildman–Crippen LogP) is 4.97. The van der Waals surface area contributed by atoms with Crippen LogP contribution in [0.3, 0.4) is 0 Å². The highest BCUT2D eigenvalue weighted by atomic mass is 79.9. The highest BCUT2D eigenvalue weighted by Gasteiger charge is 2.11. The first-order chi connectivity index (χ1) is 9.69. The lowest BCUT2D eigenvalue weighted by Crippen LogP contribution is -2.33. The van der Waals surface area contributed by atoms with E-state index in [1.165, 1.54) is 15.6 Å². The summed E-state index contributed by atoms with van der Waals surface area (Å²) in [5, 5.41) is 3.59. The van der Waals surface area contributed by atoms with E-state index in [-0.39, 0.29) is 0 Å². The molecule has 1 nitrogen and oxygen atoms in total. The Kier molecular flexibility index (Phi) is 6.27. The van der Waals surface area contributed by atoms with Gasteiger partial charge in [-0.1, -0.05) is 69.1 Å². The van der Waals surface area contributed by atoms with Crippen LogP contribution in [-0.2, 0) is 12.8 Å². The molecule has 2 aromatic rings. The third-order valence-corrected chi connectivity index (χ3v) is 4.61. The molecule has 0 fully saturated rings. The molecule has 3 heteroatoms. The smallest absolute Gasteiger partial charge is 0.0207 e. The van der Waals surface area contributed by atoms with Crippen molar-refractivity contribution in [1.82, 2.24) is 5.32 Å². The largest absolute Gasteiger partial charge is 0.314 e. The van der Waals surface area contributed by atoms with E-state index in [1.54, 1.807) is 0 Å². The van der Waals surface area contributed by atoms with E-state index in [9.17, 15) is 0 Å². The second kappa shape index (κ2) is 7.96. The predicted molar refractivity (Wildman–Crippen MR) is 93.2 cm³/mol. The average molecular weight is 397 g/mol. The molecule has 0 spiro atoms. The van der Waals surface area contributed by atoms with Crippen molar-refractivity contribution in [1.29, 1.82) is 0 Å². The van der Waals surface area contributed by atoms with E-state index in [0.717, 1.165) is 23.9 Å². The second-order valence-corrected chi connectivity index (χ2v) is 6.65. The van der Waals surface area contributed by atoms with Crippen molar-refractivity contribution in [3.63, 3.8) is 0 Å². The Labute approximate surface area is 138 Å². The van der Waals surface area contributed by atoms with E-state index in [4.69, 9.17) is 0 Å². The third kappa shape index (κ3) is 4.72. The lowest BCUT2D eigenvalue weighted by Gasteiger charge is -2.19. The first-order valence-electron chi connectivity index (χ1n) is 6.90. The normalized spacial score (nSPS) is 12.3. The molecule has 0 saturated carbocycles. The van der Waals surface area contributed by atoms with Crippen molar-refractivity contribution in [2.24, 2.45) is 0 Å². The first-order valence-corrected chi connectivity index (χ1v) is 8.49. The third-order valence-electron chi connectivity index (χ3n) is 3.31. The van der Waals surface area contributed by atoms with Gasteiger partial charge in [0.25, 0.3) is 0 Å². The SMILES string of the molecule is CCNC(Cc1ccc(Br)cc1)Cc1ccccc1Br. The lowest BCUT2D eigenvalue weighted by atomic mass is 9.99. The zero-order valence-electron chi connectivity index (χ0n) is 11.6. The van der Waals surface area contributed by atoms with Crippen molar-refractivity contribution in [3.8, 4) is 0 Å². The zero-order valence-corrected chi connectivity index (χ0v) is 14.7. The maximum Gasteiger partial charge on any atom is 0.0207 e. The van der Waals surface area contributed by atoms with Gasteiger partial charge in [0.15, 0.2) is 0 Å². The van der Waals surface area contributed by atoms with Gasteiger partial charge in [-0.25, -0.2) is 0 Å². The number of benzene rings is 2. The number of likely N-dealkylation sites (N-methyl/N-ethyl adjacent to an activating group) is 1. The Morgan fingerprint density at radius 3 is 2.30 bits per heavy atom. The van der Waals surface area contributed by atoms with Gasteiger partial charge in [0.1, 0.15) is 0 Å². The van der Waals surface area contributed by atoms with E-state index < -0.39 is 0 Å². The molecule has 1 N–H and O–H groups in total. The van der Waals surface area contributed by atoms with Crippen molar-refractivity contribution in [3.05, 3.63) is 68.6 Å². The van der Waals surface area contributed by atoms with Gasteiger partial charge < -0.3 is 5.32 Å². The van der Waals surface area contributed by atoms with Crippen LogP contribution in [-0.4, -0.2) is 12.6 Å². The van der Waals surface area contributed by atoms with E-state index in [1.807, 2.05) is 0 Å². The fourth-order valence-electron chi connectivity index (χ4n) is 2.34. The standard InChI is InChI=1S/C17H19Br2N/c1-2-20-16(11-13-7-9-15(18)10-8-13)12-14-5-3-4-6-17(14)19/h3-10,16,20H,2,11-12H2,1H3. The molecule has 0 aliphatic rings. The number of halogens is 2. The summed E-state index contributed by atoms with van der Waals surface area (Å²) in [5.41, 5.74) is 2.72. The van der Waals surface area contributed by atoms with Gasteiger partial charge in [-0.2, -0.15) is 0 Å². The summed E-state index contributed by atoms with van der Waals surface area (Å²) in [4.78, 5) is 0. The molecule has 0 amide bonds. The molecule has 1 unspecified atom stereocenters. The van der Waals surface area contributed by atoms with Crippen LogP contribution in [0.2, 0.25) is 0 Å². The van der Waals surface area contributed by atoms with Gasteiger partial charge in [0.05, 0.1) is 0 Å². The summed E-state index contributed by atoms with van der Waals surface area (Å²) in [7, 11) is 0. The Balaban J connectivity index is 2.07. The monoisotopic (exact) mass is 395 g/mol.